The van der Waals surface area contributed by atoms with Crippen molar-refractivity contribution in [3.8, 4) is 0 Å². The first kappa shape index (κ1) is 17.7. The van der Waals surface area contributed by atoms with Crippen LogP contribution in [0.25, 0.3) is 5.65 Å². The molecule has 0 bridgehead atoms. The van der Waals surface area contributed by atoms with Crippen LogP contribution >= 0.6 is 0 Å². The zero-order valence-electron chi connectivity index (χ0n) is 15.7. The van der Waals surface area contributed by atoms with Crippen molar-refractivity contribution in [3.63, 3.8) is 0 Å². The second-order valence-electron chi connectivity index (χ2n) is 6.96. The molecular weight excluding hydrogens is 338 g/mol. The molecule has 27 heavy (non-hydrogen) atoms. The number of fused-ring (bicyclic) bond motifs is 1. The van der Waals surface area contributed by atoms with Gasteiger partial charge in [-0.1, -0.05) is 29.4 Å². The number of likely N-dealkylation sites (tertiary alicyclic amines) is 1. The monoisotopic (exact) mass is 363 g/mol. The molecule has 0 spiro atoms. The maximum atomic E-state index is 5.11. The Morgan fingerprint density at radius 1 is 1.22 bits per heavy atom. The van der Waals surface area contributed by atoms with Crippen molar-refractivity contribution >= 4 is 11.9 Å². The molecule has 1 saturated heterocycles. The maximum Gasteiger partial charge on any atom is 0.160 e. The molecule has 1 aromatic carbocycles. The minimum absolute atomic E-state index is 0.590. The largest absolute Gasteiger partial charge is 0.396 e. The standard InChI is InChI=1S/C21H25N5O/c1-2-27-23-14-19-5-3-4-6-20(19)15-25-10-7-17(8-11-25)18-9-12-26-16-22-24-21(26)13-18/h3-6,9,12-14,16-17H,2,7-8,10-11,15H2,1H3. The van der Waals surface area contributed by atoms with Crippen LogP contribution in [0.5, 0.6) is 0 Å². The van der Waals surface area contributed by atoms with Gasteiger partial charge >= 0.3 is 0 Å². The number of nitrogens with zero attached hydrogens (tertiary/aromatic N) is 5. The van der Waals surface area contributed by atoms with Gasteiger partial charge in [-0.25, -0.2) is 0 Å². The first-order valence-corrected chi connectivity index (χ1v) is 9.58. The van der Waals surface area contributed by atoms with E-state index in [1.807, 2.05) is 23.6 Å². The van der Waals surface area contributed by atoms with Crippen molar-refractivity contribution < 1.29 is 4.84 Å². The third kappa shape index (κ3) is 4.17. The Labute approximate surface area is 159 Å². The zero-order chi connectivity index (χ0) is 18.5. The van der Waals surface area contributed by atoms with Gasteiger partial charge in [-0.15, -0.1) is 10.2 Å². The van der Waals surface area contributed by atoms with E-state index in [0.717, 1.165) is 30.8 Å². The van der Waals surface area contributed by atoms with Crippen molar-refractivity contribution in [1.29, 1.82) is 0 Å². The molecule has 6 nitrogen and oxygen atoms in total. The molecule has 4 rings (SSSR count). The molecule has 1 fully saturated rings. The summed E-state index contributed by atoms with van der Waals surface area (Å²) in [6.07, 6.45) is 7.96. The van der Waals surface area contributed by atoms with E-state index in [1.54, 1.807) is 6.33 Å². The van der Waals surface area contributed by atoms with E-state index in [2.05, 4.69) is 56.8 Å². The Kier molecular flexibility index (Phi) is 5.44. The number of rotatable bonds is 6. The van der Waals surface area contributed by atoms with E-state index in [4.69, 9.17) is 4.84 Å². The number of piperidine rings is 1. The predicted octanol–water partition coefficient (Wildman–Crippen LogP) is 3.48. The van der Waals surface area contributed by atoms with Crippen LogP contribution in [0.2, 0.25) is 0 Å². The number of benzene rings is 1. The molecule has 140 valence electrons. The lowest BCUT2D eigenvalue weighted by molar-refractivity contribution is 0.160. The van der Waals surface area contributed by atoms with Crippen LogP contribution in [0.4, 0.5) is 0 Å². The van der Waals surface area contributed by atoms with E-state index >= 15 is 0 Å². The molecule has 3 aromatic rings. The van der Waals surface area contributed by atoms with Crippen molar-refractivity contribution in [3.05, 3.63) is 65.6 Å². The second-order valence-corrected chi connectivity index (χ2v) is 6.96. The normalized spacial score (nSPS) is 16.3. The van der Waals surface area contributed by atoms with Gasteiger partial charge in [-0.05, 0) is 62.0 Å². The topological polar surface area (TPSA) is 55.0 Å². The molecule has 1 aliphatic heterocycles. The van der Waals surface area contributed by atoms with Crippen LogP contribution < -0.4 is 0 Å². The fourth-order valence-electron chi connectivity index (χ4n) is 3.73. The summed E-state index contributed by atoms with van der Waals surface area (Å²) in [7, 11) is 0. The van der Waals surface area contributed by atoms with Crippen molar-refractivity contribution in [2.45, 2.75) is 32.2 Å². The molecule has 0 N–H and O–H groups in total. The summed E-state index contributed by atoms with van der Waals surface area (Å²) < 4.78 is 1.96. The van der Waals surface area contributed by atoms with Gasteiger partial charge in [0.15, 0.2) is 5.65 Å². The smallest absolute Gasteiger partial charge is 0.160 e. The molecule has 6 heteroatoms. The lowest BCUT2D eigenvalue weighted by Crippen LogP contribution is -2.32. The molecule has 0 amide bonds. The lowest BCUT2D eigenvalue weighted by Gasteiger charge is -2.32. The first-order chi connectivity index (χ1) is 13.3. The minimum atomic E-state index is 0.590. The Balaban J connectivity index is 1.38. The van der Waals surface area contributed by atoms with Gasteiger partial charge in [0.2, 0.25) is 0 Å². The molecule has 0 aliphatic carbocycles. The van der Waals surface area contributed by atoms with Crippen LogP contribution in [0.3, 0.4) is 0 Å². The number of hydrogen-bond donors (Lipinski definition) is 0. The Hall–Kier alpha value is -2.73. The van der Waals surface area contributed by atoms with Crippen molar-refractivity contribution in [2.24, 2.45) is 5.16 Å². The highest BCUT2D eigenvalue weighted by Crippen LogP contribution is 2.29. The van der Waals surface area contributed by atoms with Gasteiger partial charge in [-0.3, -0.25) is 9.30 Å². The van der Waals surface area contributed by atoms with Gasteiger partial charge in [0.1, 0.15) is 12.9 Å². The molecule has 0 unspecified atom stereocenters. The summed E-state index contributed by atoms with van der Waals surface area (Å²) in [6.45, 7) is 5.67. The molecule has 0 saturated carbocycles. The third-order valence-corrected chi connectivity index (χ3v) is 5.23. The number of aromatic nitrogens is 3. The quantitative estimate of drug-likeness (QED) is 0.497. The summed E-state index contributed by atoms with van der Waals surface area (Å²) in [5, 5.41) is 12.2. The third-order valence-electron chi connectivity index (χ3n) is 5.23. The highest BCUT2D eigenvalue weighted by molar-refractivity contribution is 5.81. The summed E-state index contributed by atoms with van der Waals surface area (Å²) in [6, 6.07) is 12.8. The van der Waals surface area contributed by atoms with Gasteiger partial charge in [0, 0.05) is 18.3 Å². The molecule has 0 radical (unpaired) electrons. The van der Waals surface area contributed by atoms with Crippen LogP contribution in [0.15, 0.2) is 54.1 Å². The maximum absolute atomic E-state index is 5.11. The van der Waals surface area contributed by atoms with Crippen molar-refractivity contribution in [1.82, 2.24) is 19.5 Å². The van der Waals surface area contributed by atoms with Crippen LogP contribution in [-0.2, 0) is 11.4 Å². The summed E-state index contributed by atoms with van der Waals surface area (Å²) >= 11 is 0. The summed E-state index contributed by atoms with van der Waals surface area (Å²) in [5.41, 5.74) is 4.73. The van der Waals surface area contributed by atoms with Crippen LogP contribution in [0, 0.1) is 0 Å². The minimum Gasteiger partial charge on any atom is -0.396 e. The number of oxime groups is 1. The van der Waals surface area contributed by atoms with E-state index in [-0.39, 0.29) is 0 Å². The van der Waals surface area contributed by atoms with Crippen LogP contribution in [-0.4, -0.2) is 45.4 Å². The zero-order valence-corrected chi connectivity index (χ0v) is 15.7. The predicted molar refractivity (Wildman–Crippen MR) is 106 cm³/mol. The summed E-state index contributed by atoms with van der Waals surface area (Å²) in [4.78, 5) is 7.64. The van der Waals surface area contributed by atoms with Gasteiger partial charge in [0.25, 0.3) is 0 Å². The molecule has 1 aliphatic rings. The van der Waals surface area contributed by atoms with Gasteiger partial charge < -0.3 is 4.84 Å². The molecular formula is C21H25N5O. The fourth-order valence-corrected chi connectivity index (χ4v) is 3.73. The first-order valence-electron chi connectivity index (χ1n) is 9.58. The van der Waals surface area contributed by atoms with E-state index < -0.39 is 0 Å². The second kappa shape index (κ2) is 8.31. The molecule has 0 atom stereocenters. The average molecular weight is 363 g/mol. The Morgan fingerprint density at radius 3 is 2.93 bits per heavy atom. The lowest BCUT2D eigenvalue weighted by atomic mass is 9.89. The van der Waals surface area contributed by atoms with E-state index in [0.29, 0.717) is 12.5 Å². The highest BCUT2D eigenvalue weighted by atomic mass is 16.6. The van der Waals surface area contributed by atoms with E-state index in [1.165, 1.54) is 24.0 Å². The summed E-state index contributed by atoms with van der Waals surface area (Å²) in [5.74, 6) is 0.595. The molecule has 2 aromatic heterocycles. The van der Waals surface area contributed by atoms with Crippen LogP contribution in [0.1, 0.15) is 42.4 Å². The Morgan fingerprint density at radius 2 is 2.07 bits per heavy atom. The van der Waals surface area contributed by atoms with Crippen molar-refractivity contribution in [2.75, 3.05) is 19.7 Å². The van der Waals surface area contributed by atoms with Gasteiger partial charge in [-0.2, -0.15) is 0 Å². The SMILES string of the molecule is CCON=Cc1ccccc1CN1CCC(c2ccn3cnnc3c2)CC1. The molecule has 3 heterocycles. The highest BCUT2D eigenvalue weighted by Gasteiger charge is 2.21. The Bertz CT molecular complexity index is 912. The fraction of sp³-hybridized carbons (Fsp3) is 0.381. The number of hydrogen-bond acceptors (Lipinski definition) is 5. The number of pyridine rings is 1. The average Bonchev–Trinajstić information content (AvgIpc) is 3.18. The van der Waals surface area contributed by atoms with E-state index in [9.17, 15) is 0 Å². The van der Waals surface area contributed by atoms with Gasteiger partial charge in [0.05, 0.1) is 6.21 Å².